The summed E-state index contributed by atoms with van der Waals surface area (Å²) in [7, 11) is 1.75. The van der Waals surface area contributed by atoms with Gasteiger partial charge in [-0.2, -0.15) is 0 Å². The lowest BCUT2D eigenvalue weighted by molar-refractivity contribution is -0.121. The molecule has 0 aliphatic carbocycles. The highest BCUT2D eigenvalue weighted by Crippen LogP contribution is 2.33. The highest BCUT2D eigenvalue weighted by molar-refractivity contribution is 9.10. The zero-order valence-corrected chi connectivity index (χ0v) is 14.3. The van der Waals surface area contributed by atoms with E-state index >= 15 is 0 Å². The summed E-state index contributed by atoms with van der Waals surface area (Å²) < 4.78 is 1.00. The topological polar surface area (TPSA) is 32.7 Å². The van der Waals surface area contributed by atoms with Gasteiger partial charge in [-0.05, 0) is 47.7 Å². The zero-order valence-electron chi connectivity index (χ0n) is 11.9. The van der Waals surface area contributed by atoms with E-state index in [1.165, 1.54) is 11.8 Å². The van der Waals surface area contributed by atoms with E-state index in [2.05, 4.69) is 20.9 Å². The van der Waals surface area contributed by atoms with Crippen molar-refractivity contribution in [1.82, 2.24) is 4.90 Å². The molecule has 110 valence electrons. The second kappa shape index (κ2) is 6.50. The molecule has 0 spiro atoms. The molecule has 0 aromatic heterocycles. The summed E-state index contributed by atoms with van der Waals surface area (Å²) in [6.45, 7) is 0. The number of benzene rings is 2. The molecule has 0 unspecified atom stereocenters. The molecule has 3 rings (SSSR count). The molecule has 2 aromatic rings. The maximum atomic E-state index is 12.3. The Balaban J connectivity index is 1.88. The molecule has 0 N–H and O–H groups in total. The smallest absolute Gasteiger partial charge is 0.266 e. The Bertz CT molecular complexity index is 754. The van der Waals surface area contributed by atoms with Gasteiger partial charge in [-0.1, -0.05) is 46.3 Å². The van der Waals surface area contributed by atoms with Gasteiger partial charge in [0.1, 0.15) is 0 Å². The van der Waals surface area contributed by atoms with Crippen molar-refractivity contribution in [2.45, 2.75) is 0 Å². The molecule has 2 aromatic carbocycles. The van der Waals surface area contributed by atoms with E-state index in [0.29, 0.717) is 10.1 Å². The van der Waals surface area contributed by atoms with Crippen LogP contribution < -0.4 is 0 Å². The molecule has 0 saturated carbocycles. The van der Waals surface area contributed by atoms with Crippen LogP contribution in [-0.2, 0) is 4.79 Å². The number of hydrogen-bond donors (Lipinski definition) is 0. The van der Waals surface area contributed by atoms with Crippen LogP contribution >= 0.6 is 27.7 Å². The van der Waals surface area contributed by atoms with Crippen molar-refractivity contribution in [2.24, 2.45) is 4.99 Å². The molecule has 5 heteroatoms. The first-order chi connectivity index (χ1) is 10.6. The molecule has 1 saturated heterocycles. The van der Waals surface area contributed by atoms with Crippen LogP contribution in [0.2, 0.25) is 0 Å². The van der Waals surface area contributed by atoms with Crippen molar-refractivity contribution in [3.8, 4) is 0 Å². The number of rotatable bonds is 2. The number of carbonyl (C=O) groups excluding carboxylic acids is 1. The fourth-order valence-electron chi connectivity index (χ4n) is 1.98. The van der Waals surface area contributed by atoms with E-state index in [0.717, 1.165) is 15.7 Å². The fourth-order valence-corrected chi connectivity index (χ4v) is 3.23. The Morgan fingerprint density at radius 3 is 2.45 bits per heavy atom. The maximum absolute atomic E-state index is 12.3. The number of aliphatic imine (C=N–C) groups is 1. The SMILES string of the molecule is CN1C(=O)C(=Cc2ccccc2)SC1=Nc1ccc(Br)cc1. The van der Waals surface area contributed by atoms with Crippen LogP contribution in [0.4, 0.5) is 5.69 Å². The first-order valence-corrected chi connectivity index (χ1v) is 8.31. The van der Waals surface area contributed by atoms with Crippen LogP contribution in [-0.4, -0.2) is 23.0 Å². The van der Waals surface area contributed by atoms with Crippen LogP contribution in [0.3, 0.4) is 0 Å². The fraction of sp³-hybridized carbons (Fsp3) is 0.0588. The first-order valence-electron chi connectivity index (χ1n) is 6.70. The number of amides is 1. The summed E-state index contributed by atoms with van der Waals surface area (Å²) in [5, 5.41) is 0.689. The van der Waals surface area contributed by atoms with Crippen molar-refractivity contribution in [3.63, 3.8) is 0 Å². The van der Waals surface area contributed by atoms with E-state index in [-0.39, 0.29) is 5.91 Å². The van der Waals surface area contributed by atoms with Crippen molar-refractivity contribution >= 4 is 50.5 Å². The summed E-state index contributed by atoms with van der Waals surface area (Å²) in [5.74, 6) is -0.0234. The second-order valence-electron chi connectivity index (χ2n) is 4.76. The van der Waals surface area contributed by atoms with Gasteiger partial charge in [0.2, 0.25) is 0 Å². The van der Waals surface area contributed by atoms with Crippen molar-refractivity contribution in [2.75, 3.05) is 7.05 Å². The maximum Gasteiger partial charge on any atom is 0.266 e. The molecule has 1 fully saturated rings. The number of carbonyl (C=O) groups is 1. The lowest BCUT2D eigenvalue weighted by Crippen LogP contribution is -2.23. The van der Waals surface area contributed by atoms with Gasteiger partial charge in [-0.25, -0.2) is 4.99 Å². The molecular weight excluding hydrogens is 360 g/mol. The third kappa shape index (κ3) is 3.31. The summed E-state index contributed by atoms with van der Waals surface area (Å²) in [6.07, 6.45) is 1.90. The molecule has 0 atom stereocenters. The standard InChI is InChI=1S/C17H13BrN2OS/c1-20-16(21)15(11-12-5-3-2-4-6-12)22-17(20)19-14-9-7-13(18)8-10-14/h2-11H,1H3. The third-order valence-corrected chi connectivity index (χ3v) is 4.74. The van der Waals surface area contributed by atoms with Gasteiger partial charge in [0.05, 0.1) is 10.6 Å². The van der Waals surface area contributed by atoms with Gasteiger partial charge in [0, 0.05) is 11.5 Å². The molecule has 0 radical (unpaired) electrons. The van der Waals surface area contributed by atoms with Gasteiger partial charge in [0.25, 0.3) is 5.91 Å². The van der Waals surface area contributed by atoms with Crippen molar-refractivity contribution in [1.29, 1.82) is 0 Å². The second-order valence-corrected chi connectivity index (χ2v) is 6.68. The number of halogens is 1. The lowest BCUT2D eigenvalue weighted by atomic mass is 10.2. The highest BCUT2D eigenvalue weighted by atomic mass is 79.9. The Labute approximate surface area is 141 Å². The summed E-state index contributed by atoms with van der Waals surface area (Å²) in [4.78, 5) is 19.1. The molecule has 1 heterocycles. The van der Waals surface area contributed by atoms with Crippen LogP contribution in [0.5, 0.6) is 0 Å². The molecule has 22 heavy (non-hydrogen) atoms. The zero-order chi connectivity index (χ0) is 15.5. The lowest BCUT2D eigenvalue weighted by Gasteiger charge is -2.07. The Kier molecular flexibility index (Phi) is 4.45. The number of amidine groups is 1. The summed E-state index contributed by atoms with van der Waals surface area (Å²) >= 11 is 4.80. The van der Waals surface area contributed by atoms with E-state index < -0.39 is 0 Å². The van der Waals surface area contributed by atoms with E-state index in [1.807, 2.05) is 60.7 Å². The first kappa shape index (κ1) is 15.1. The van der Waals surface area contributed by atoms with Gasteiger partial charge < -0.3 is 0 Å². The number of likely N-dealkylation sites (N-methyl/N-ethyl adjacent to an activating group) is 1. The Morgan fingerprint density at radius 1 is 1.09 bits per heavy atom. The van der Waals surface area contributed by atoms with Crippen molar-refractivity contribution in [3.05, 3.63) is 69.5 Å². The average Bonchev–Trinajstić information content (AvgIpc) is 2.79. The minimum atomic E-state index is -0.0234. The Hall–Kier alpha value is -1.85. The van der Waals surface area contributed by atoms with E-state index in [1.54, 1.807) is 11.9 Å². The molecule has 3 nitrogen and oxygen atoms in total. The number of hydrogen-bond acceptors (Lipinski definition) is 3. The van der Waals surface area contributed by atoms with Crippen LogP contribution in [0.1, 0.15) is 5.56 Å². The monoisotopic (exact) mass is 372 g/mol. The van der Waals surface area contributed by atoms with Gasteiger partial charge >= 0.3 is 0 Å². The van der Waals surface area contributed by atoms with E-state index in [9.17, 15) is 4.79 Å². The Morgan fingerprint density at radius 2 is 1.77 bits per heavy atom. The summed E-state index contributed by atoms with van der Waals surface area (Å²) in [6, 6.07) is 17.5. The minimum Gasteiger partial charge on any atom is -0.290 e. The van der Waals surface area contributed by atoms with Gasteiger partial charge in [0.15, 0.2) is 5.17 Å². The average molecular weight is 373 g/mol. The molecule has 0 bridgehead atoms. The number of nitrogens with zero attached hydrogens (tertiary/aromatic N) is 2. The quantitative estimate of drug-likeness (QED) is 0.716. The minimum absolute atomic E-state index is 0.0234. The largest absolute Gasteiger partial charge is 0.290 e. The summed E-state index contributed by atoms with van der Waals surface area (Å²) in [5.41, 5.74) is 1.84. The van der Waals surface area contributed by atoms with Crippen molar-refractivity contribution < 1.29 is 4.79 Å². The van der Waals surface area contributed by atoms with E-state index in [4.69, 9.17) is 0 Å². The predicted molar refractivity (Wildman–Crippen MR) is 96.0 cm³/mol. The van der Waals surface area contributed by atoms with Crippen LogP contribution in [0.15, 0.2) is 69.0 Å². The van der Waals surface area contributed by atoms with Crippen LogP contribution in [0.25, 0.3) is 6.08 Å². The normalized spacial score (nSPS) is 18.5. The van der Waals surface area contributed by atoms with Crippen LogP contribution in [0, 0.1) is 0 Å². The molecular formula is C17H13BrN2OS. The van der Waals surface area contributed by atoms with Gasteiger partial charge in [-0.3, -0.25) is 9.69 Å². The molecule has 1 aliphatic heterocycles. The highest BCUT2D eigenvalue weighted by Gasteiger charge is 2.30. The molecule has 1 aliphatic rings. The van der Waals surface area contributed by atoms with Gasteiger partial charge in [-0.15, -0.1) is 0 Å². The predicted octanol–water partition coefficient (Wildman–Crippen LogP) is 4.68. The third-order valence-electron chi connectivity index (χ3n) is 3.15. The number of thioether (sulfide) groups is 1. The molecule has 1 amide bonds.